The van der Waals surface area contributed by atoms with Crippen LogP contribution in [0.3, 0.4) is 0 Å². The molecule has 1 amide bonds. The number of amides is 1. The second-order valence-electron chi connectivity index (χ2n) is 9.19. The molecule has 2 heterocycles. The minimum absolute atomic E-state index is 0.00303. The lowest BCUT2D eigenvalue weighted by molar-refractivity contribution is 0.102. The van der Waals surface area contributed by atoms with Crippen LogP contribution in [-0.2, 0) is 22.9 Å². The lowest BCUT2D eigenvalue weighted by atomic mass is 9.90. The Kier molecular flexibility index (Phi) is 6.22. The van der Waals surface area contributed by atoms with Crippen molar-refractivity contribution >= 4 is 21.9 Å². The third-order valence-corrected chi connectivity index (χ3v) is 8.49. The van der Waals surface area contributed by atoms with Gasteiger partial charge in [-0.1, -0.05) is 18.1 Å². The molecule has 1 saturated heterocycles. The maximum Gasteiger partial charge on any atom is 0.322 e. The van der Waals surface area contributed by atoms with Gasteiger partial charge in [-0.15, -0.1) is 5.10 Å². The monoisotopic (exact) mass is 480 g/mol. The van der Waals surface area contributed by atoms with E-state index in [0.717, 1.165) is 31.2 Å². The highest BCUT2D eigenvalue weighted by Crippen LogP contribution is 2.28. The maximum atomic E-state index is 12.9. The number of anilines is 1. The average Bonchev–Trinajstić information content (AvgIpc) is 3.32. The summed E-state index contributed by atoms with van der Waals surface area (Å²) in [5.41, 5.74) is 3.81. The Morgan fingerprint density at radius 1 is 1.03 bits per heavy atom. The van der Waals surface area contributed by atoms with Gasteiger partial charge in [-0.3, -0.25) is 10.1 Å². The molecule has 0 unspecified atom stereocenters. The summed E-state index contributed by atoms with van der Waals surface area (Å²) in [5, 5.41) is 10.6. The summed E-state index contributed by atoms with van der Waals surface area (Å²) in [6, 6.07) is 12.1. The fraction of sp³-hybridized carbons (Fsp3) is 0.400. The Hall–Kier alpha value is -3.04. The van der Waals surface area contributed by atoms with Gasteiger partial charge in [0, 0.05) is 24.2 Å². The number of hydrogen-bond donors (Lipinski definition) is 1. The Labute approximate surface area is 199 Å². The summed E-state index contributed by atoms with van der Waals surface area (Å²) < 4.78 is 33.0. The first-order valence-electron chi connectivity index (χ1n) is 11.8. The van der Waals surface area contributed by atoms with E-state index >= 15 is 0 Å². The molecule has 9 heteroatoms. The van der Waals surface area contributed by atoms with Gasteiger partial charge in [-0.05, 0) is 92.0 Å². The number of carbonyl (C=O) groups excluding carboxylic acids is 1. The highest BCUT2D eigenvalue weighted by Gasteiger charge is 2.28. The van der Waals surface area contributed by atoms with Crippen molar-refractivity contribution in [3.63, 3.8) is 0 Å². The molecule has 8 nitrogen and oxygen atoms in total. The van der Waals surface area contributed by atoms with Crippen molar-refractivity contribution in [2.75, 3.05) is 18.4 Å². The van der Waals surface area contributed by atoms with E-state index in [1.54, 1.807) is 0 Å². The van der Waals surface area contributed by atoms with Gasteiger partial charge in [-0.25, -0.2) is 8.42 Å². The number of nitrogens with zero attached hydrogens (tertiary/aromatic N) is 3. The van der Waals surface area contributed by atoms with Crippen molar-refractivity contribution in [3.8, 4) is 11.5 Å². The van der Waals surface area contributed by atoms with E-state index in [1.807, 2.05) is 6.07 Å². The molecular formula is C25H28N4O4S. The zero-order chi connectivity index (χ0) is 23.7. The topological polar surface area (TPSA) is 105 Å². The molecule has 3 aromatic rings. The number of benzene rings is 2. The van der Waals surface area contributed by atoms with Crippen molar-refractivity contribution in [1.82, 2.24) is 14.5 Å². The molecule has 1 aliphatic carbocycles. The lowest BCUT2D eigenvalue weighted by Crippen LogP contribution is -2.39. The Bertz CT molecular complexity index is 1300. The number of carbonyl (C=O) groups is 1. The van der Waals surface area contributed by atoms with Crippen LogP contribution in [0.5, 0.6) is 0 Å². The smallest absolute Gasteiger partial charge is 0.322 e. The zero-order valence-corrected chi connectivity index (χ0v) is 20.0. The molecule has 0 bridgehead atoms. The van der Waals surface area contributed by atoms with E-state index in [0.29, 0.717) is 30.5 Å². The van der Waals surface area contributed by atoms with Crippen LogP contribution >= 0.6 is 0 Å². The molecular weight excluding hydrogens is 452 g/mol. The highest BCUT2D eigenvalue weighted by molar-refractivity contribution is 7.89. The predicted octanol–water partition coefficient (Wildman–Crippen LogP) is 4.29. The first-order chi connectivity index (χ1) is 16.4. The van der Waals surface area contributed by atoms with Crippen molar-refractivity contribution in [2.24, 2.45) is 5.92 Å². The second kappa shape index (κ2) is 9.31. The molecule has 1 aliphatic heterocycles. The molecule has 1 fully saturated rings. The molecule has 34 heavy (non-hydrogen) atoms. The molecule has 1 aromatic heterocycles. The quantitative estimate of drug-likeness (QED) is 0.584. The number of fused-ring (bicyclic) bond motifs is 1. The molecule has 5 rings (SSSR count). The van der Waals surface area contributed by atoms with Gasteiger partial charge in [0.25, 0.3) is 5.91 Å². The predicted molar refractivity (Wildman–Crippen MR) is 128 cm³/mol. The van der Waals surface area contributed by atoms with E-state index in [1.165, 1.54) is 52.5 Å². The maximum absolute atomic E-state index is 12.9. The zero-order valence-electron chi connectivity index (χ0n) is 19.2. The van der Waals surface area contributed by atoms with E-state index in [9.17, 15) is 13.2 Å². The largest absolute Gasteiger partial charge is 0.403 e. The van der Waals surface area contributed by atoms with Gasteiger partial charge in [0.2, 0.25) is 15.9 Å². The number of aromatic nitrogens is 2. The summed E-state index contributed by atoms with van der Waals surface area (Å²) in [4.78, 5) is 12.8. The molecule has 178 valence electrons. The molecule has 2 aliphatic rings. The van der Waals surface area contributed by atoms with Crippen molar-refractivity contribution < 1.29 is 17.6 Å². The van der Waals surface area contributed by atoms with Gasteiger partial charge in [-0.2, -0.15) is 4.31 Å². The minimum Gasteiger partial charge on any atom is -0.403 e. The van der Waals surface area contributed by atoms with E-state index in [4.69, 9.17) is 4.42 Å². The van der Waals surface area contributed by atoms with Crippen molar-refractivity contribution in [3.05, 3.63) is 59.2 Å². The summed E-state index contributed by atoms with van der Waals surface area (Å²) in [5.74, 6) is 0.242. The fourth-order valence-electron chi connectivity index (χ4n) is 4.72. The third-order valence-electron chi connectivity index (χ3n) is 6.61. The van der Waals surface area contributed by atoms with Crippen LogP contribution in [-0.4, -0.2) is 41.9 Å². The molecule has 0 radical (unpaired) electrons. The number of hydrogen-bond acceptors (Lipinski definition) is 6. The third kappa shape index (κ3) is 4.63. The van der Waals surface area contributed by atoms with E-state index < -0.39 is 15.9 Å². The average molecular weight is 481 g/mol. The minimum atomic E-state index is -3.57. The van der Waals surface area contributed by atoms with Gasteiger partial charge in [0.15, 0.2) is 0 Å². The summed E-state index contributed by atoms with van der Waals surface area (Å²) in [6.45, 7) is 3.11. The molecule has 0 spiro atoms. The summed E-state index contributed by atoms with van der Waals surface area (Å²) in [6.07, 6.45) is 6.43. The van der Waals surface area contributed by atoms with Gasteiger partial charge in [0.05, 0.1) is 4.90 Å². The van der Waals surface area contributed by atoms with Crippen molar-refractivity contribution in [2.45, 2.75) is 50.3 Å². The van der Waals surface area contributed by atoms with Crippen molar-refractivity contribution in [1.29, 1.82) is 0 Å². The Morgan fingerprint density at radius 2 is 1.79 bits per heavy atom. The van der Waals surface area contributed by atoms with Crippen LogP contribution in [0.15, 0.2) is 51.8 Å². The lowest BCUT2D eigenvalue weighted by Gasteiger charge is -2.30. The number of sulfonamides is 1. The van der Waals surface area contributed by atoms with Crippen LogP contribution in [0.1, 0.15) is 54.1 Å². The molecule has 1 atom stereocenters. The van der Waals surface area contributed by atoms with Gasteiger partial charge in [0.1, 0.15) is 0 Å². The normalized spacial score (nSPS) is 18.9. The number of nitrogens with one attached hydrogen (secondary N) is 1. The van der Waals surface area contributed by atoms with E-state index in [-0.39, 0.29) is 10.9 Å². The van der Waals surface area contributed by atoms with Crippen LogP contribution in [0.25, 0.3) is 11.5 Å². The number of piperidine rings is 1. The Morgan fingerprint density at radius 3 is 2.56 bits per heavy atom. The fourth-order valence-corrected chi connectivity index (χ4v) is 6.32. The summed E-state index contributed by atoms with van der Waals surface area (Å²) in [7, 11) is -3.57. The first kappa shape index (κ1) is 22.7. The van der Waals surface area contributed by atoms with Gasteiger partial charge < -0.3 is 4.42 Å². The molecule has 1 N–H and O–H groups in total. The van der Waals surface area contributed by atoms with Crippen LogP contribution in [0.2, 0.25) is 0 Å². The van der Waals surface area contributed by atoms with Crippen LogP contribution in [0.4, 0.5) is 6.01 Å². The SMILES string of the molecule is C[C@@H]1CCCN(S(=O)(=O)c2ccc(C(=O)Nc3nnc(-c4ccc5c(c4)CCCC5)o3)cc2)C1. The number of aryl methyl sites for hydroxylation is 2. The van der Waals surface area contributed by atoms with Crippen LogP contribution < -0.4 is 5.32 Å². The van der Waals surface area contributed by atoms with Crippen LogP contribution in [0, 0.1) is 5.92 Å². The van der Waals surface area contributed by atoms with Gasteiger partial charge >= 0.3 is 6.01 Å². The standard InChI is InChI=1S/C25H28N4O4S/c1-17-5-4-14-29(16-17)34(31,32)22-12-10-19(11-13-22)23(30)26-25-28-27-24(33-25)21-9-8-18-6-2-3-7-20(18)15-21/h8-13,15,17H,2-7,14,16H2,1H3,(H,26,28,30)/t17-/m1/s1. The Balaban J connectivity index is 1.27. The number of rotatable bonds is 5. The second-order valence-corrected chi connectivity index (χ2v) is 11.1. The van der Waals surface area contributed by atoms with E-state index in [2.05, 4.69) is 34.6 Å². The molecule has 0 saturated carbocycles. The first-order valence-corrected chi connectivity index (χ1v) is 13.2. The highest BCUT2D eigenvalue weighted by atomic mass is 32.2. The summed E-state index contributed by atoms with van der Waals surface area (Å²) >= 11 is 0. The molecule has 2 aromatic carbocycles.